The van der Waals surface area contributed by atoms with Crippen molar-refractivity contribution in [2.75, 3.05) is 39.4 Å². The van der Waals surface area contributed by atoms with Gasteiger partial charge < -0.3 is 19.7 Å². The highest BCUT2D eigenvalue weighted by Crippen LogP contribution is 2.15. The molecule has 1 unspecified atom stereocenters. The van der Waals surface area contributed by atoms with Crippen molar-refractivity contribution in [2.45, 2.75) is 58.8 Å². The molecule has 0 radical (unpaired) electrons. The third-order valence-corrected chi connectivity index (χ3v) is 3.76. The zero-order chi connectivity index (χ0) is 13.9. The third kappa shape index (κ3) is 7.25. The summed E-state index contributed by atoms with van der Waals surface area (Å²) in [4.78, 5) is 2.62. The standard InChI is InChI=1S/C15H32N2O2/c1-4-18-15(19-5-2)13-16-10-8-12-17-11-7-6-9-14(17)3/h14-16H,4-13H2,1-3H3. The Labute approximate surface area is 118 Å². The van der Waals surface area contributed by atoms with Crippen LogP contribution in [0.25, 0.3) is 0 Å². The Hall–Kier alpha value is -0.160. The predicted molar refractivity (Wildman–Crippen MR) is 79.4 cm³/mol. The molecule has 1 aliphatic heterocycles. The lowest BCUT2D eigenvalue weighted by molar-refractivity contribution is -0.132. The monoisotopic (exact) mass is 272 g/mol. The van der Waals surface area contributed by atoms with Crippen molar-refractivity contribution in [1.29, 1.82) is 0 Å². The second-order valence-corrected chi connectivity index (χ2v) is 5.28. The minimum absolute atomic E-state index is 0.0936. The maximum atomic E-state index is 5.50. The predicted octanol–water partition coefficient (Wildman–Crippen LogP) is 2.24. The fourth-order valence-corrected chi connectivity index (χ4v) is 2.65. The first-order chi connectivity index (χ1) is 9.27. The van der Waals surface area contributed by atoms with Gasteiger partial charge in [-0.3, -0.25) is 0 Å². The molecule has 0 bridgehead atoms. The average molecular weight is 272 g/mol. The molecule has 1 atom stereocenters. The van der Waals surface area contributed by atoms with E-state index in [2.05, 4.69) is 17.1 Å². The van der Waals surface area contributed by atoms with Crippen LogP contribution in [0.3, 0.4) is 0 Å². The fraction of sp³-hybridized carbons (Fsp3) is 1.00. The van der Waals surface area contributed by atoms with Gasteiger partial charge in [-0.1, -0.05) is 6.42 Å². The van der Waals surface area contributed by atoms with Gasteiger partial charge in [0.25, 0.3) is 0 Å². The lowest BCUT2D eigenvalue weighted by atomic mass is 10.0. The van der Waals surface area contributed by atoms with Gasteiger partial charge in [0.1, 0.15) is 0 Å². The van der Waals surface area contributed by atoms with Gasteiger partial charge in [0.15, 0.2) is 6.29 Å². The molecule has 1 rings (SSSR count). The van der Waals surface area contributed by atoms with E-state index in [9.17, 15) is 0 Å². The minimum Gasteiger partial charge on any atom is -0.352 e. The summed E-state index contributed by atoms with van der Waals surface area (Å²) < 4.78 is 11.0. The molecule has 0 aromatic carbocycles. The first-order valence-electron chi connectivity index (χ1n) is 7.95. The van der Waals surface area contributed by atoms with E-state index in [4.69, 9.17) is 9.47 Å². The number of ether oxygens (including phenoxy) is 2. The molecule has 0 saturated carbocycles. The second kappa shape index (κ2) is 10.6. The van der Waals surface area contributed by atoms with Gasteiger partial charge in [-0.25, -0.2) is 0 Å². The smallest absolute Gasteiger partial charge is 0.169 e. The summed E-state index contributed by atoms with van der Waals surface area (Å²) in [5.41, 5.74) is 0. The van der Waals surface area contributed by atoms with Crippen LogP contribution in [0.15, 0.2) is 0 Å². The molecule has 0 spiro atoms. The molecular formula is C15H32N2O2. The van der Waals surface area contributed by atoms with Gasteiger partial charge >= 0.3 is 0 Å². The van der Waals surface area contributed by atoms with Crippen LogP contribution in [0.2, 0.25) is 0 Å². The number of nitrogens with one attached hydrogen (secondary N) is 1. The normalized spacial score (nSPS) is 21.2. The zero-order valence-corrected chi connectivity index (χ0v) is 13.0. The molecule has 0 aromatic heterocycles. The molecule has 1 N–H and O–H groups in total. The van der Waals surface area contributed by atoms with Gasteiger partial charge in [-0.2, -0.15) is 0 Å². The molecule has 1 aliphatic rings. The van der Waals surface area contributed by atoms with E-state index >= 15 is 0 Å². The van der Waals surface area contributed by atoms with Gasteiger partial charge in [0, 0.05) is 25.8 Å². The number of nitrogens with zero attached hydrogens (tertiary/aromatic N) is 1. The molecule has 1 saturated heterocycles. The Morgan fingerprint density at radius 2 is 1.95 bits per heavy atom. The van der Waals surface area contributed by atoms with E-state index in [1.165, 1.54) is 38.8 Å². The molecule has 4 nitrogen and oxygen atoms in total. The van der Waals surface area contributed by atoms with Crippen LogP contribution in [-0.2, 0) is 9.47 Å². The minimum atomic E-state index is -0.0936. The Balaban J connectivity index is 2.03. The van der Waals surface area contributed by atoms with Crippen molar-refractivity contribution in [1.82, 2.24) is 10.2 Å². The zero-order valence-electron chi connectivity index (χ0n) is 13.0. The molecule has 0 aliphatic carbocycles. The molecule has 4 heteroatoms. The average Bonchev–Trinajstić information content (AvgIpc) is 2.41. The molecule has 114 valence electrons. The molecule has 0 amide bonds. The van der Waals surface area contributed by atoms with Crippen molar-refractivity contribution in [2.24, 2.45) is 0 Å². The van der Waals surface area contributed by atoms with E-state index in [0.717, 1.165) is 19.1 Å². The molecule has 19 heavy (non-hydrogen) atoms. The van der Waals surface area contributed by atoms with Crippen LogP contribution in [-0.4, -0.2) is 56.6 Å². The Morgan fingerprint density at radius 1 is 1.21 bits per heavy atom. The Morgan fingerprint density at radius 3 is 2.58 bits per heavy atom. The summed E-state index contributed by atoms with van der Waals surface area (Å²) in [5, 5.41) is 3.43. The Bertz CT molecular complexity index is 208. The number of piperidine rings is 1. The first-order valence-corrected chi connectivity index (χ1v) is 7.95. The second-order valence-electron chi connectivity index (χ2n) is 5.28. The summed E-state index contributed by atoms with van der Waals surface area (Å²) in [7, 11) is 0. The molecule has 0 aromatic rings. The van der Waals surface area contributed by atoms with Crippen LogP contribution in [0.4, 0.5) is 0 Å². The van der Waals surface area contributed by atoms with Gasteiger partial charge in [0.2, 0.25) is 0 Å². The first kappa shape index (κ1) is 16.9. The van der Waals surface area contributed by atoms with E-state index in [0.29, 0.717) is 13.2 Å². The van der Waals surface area contributed by atoms with E-state index in [-0.39, 0.29) is 6.29 Å². The van der Waals surface area contributed by atoms with Crippen molar-refractivity contribution in [3.63, 3.8) is 0 Å². The van der Waals surface area contributed by atoms with Gasteiger partial charge in [-0.05, 0) is 59.7 Å². The number of hydrogen-bond donors (Lipinski definition) is 1. The highest BCUT2D eigenvalue weighted by molar-refractivity contribution is 4.72. The van der Waals surface area contributed by atoms with E-state index in [1.807, 2.05) is 13.8 Å². The Kier molecular flexibility index (Phi) is 9.43. The molecular weight excluding hydrogens is 240 g/mol. The third-order valence-electron chi connectivity index (χ3n) is 3.76. The maximum Gasteiger partial charge on any atom is 0.169 e. The fourth-order valence-electron chi connectivity index (χ4n) is 2.65. The van der Waals surface area contributed by atoms with Crippen LogP contribution >= 0.6 is 0 Å². The number of likely N-dealkylation sites (tertiary alicyclic amines) is 1. The summed E-state index contributed by atoms with van der Waals surface area (Å²) in [5.74, 6) is 0. The topological polar surface area (TPSA) is 33.7 Å². The lowest BCUT2D eigenvalue weighted by Crippen LogP contribution is -2.39. The maximum absolute atomic E-state index is 5.50. The van der Waals surface area contributed by atoms with Gasteiger partial charge in [0.05, 0.1) is 0 Å². The highest BCUT2D eigenvalue weighted by Gasteiger charge is 2.17. The highest BCUT2D eigenvalue weighted by atomic mass is 16.7. The summed E-state index contributed by atoms with van der Waals surface area (Å²) in [6.07, 6.45) is 5.25. The van der Waals surface area contributed by atoms with E-state index < -0.39 is 0 Å². The summed E-state index contributed by atoms with van der Waals surface area (Å²) >= 11 is 0. The molecule has 1 heterocycles. The molecule has 1 fully saturated rings. The van der Waals surface area contributed by atoms with Crippen LogP contribution < -0.4 is 5.32 Å². The lowest BCUT2D eigenvalue weighted by Gasteiger charge is -2.33. The van der Waals surface area contributed by atoms with Crippen molar-refractivity contribution in [3.8, 4) is 0 Å². The van der Waals surface area contributed by atoms with Gasteiger partial charge in [-0.15, -0.1) is 0 Å². The van der Waals surface area contributed by atoms with Crippen LogP contribution in [0.5, 0.6) is 0 Å². The number of rotatable bonds is 10. The van der Waals surface area contributed by atoms with Crippen molar-refractivity contribution >= 4 is 0 Å². The SMILES string of the molecule is CCOC(CNCCCN1CCCCC1C)OCC. The van der Waals surface area contributed by atoms with Crippen molar-refractivity contribution in [3.05, 3.63) is 0 Å². The number of hydrogen-bond acceptors (Lipinski definition) is 4. The summed E-state index contributed by atoms with van der Waals surface area (Å²) in [6.45, 7) is 12.1. The van der Waals surface area contributed by atoms with Crippen LogP contribution in [0.1, 0.15) is 46.5 Å². The quantitative estimate of drug-likeness (QED) is 0.488. The van der Waals surface area contributed by atoms with Crippen molar-refractivity contribution < 1.29 is 9.47 Å². The van der Waals surface area contributed by atoms with Crippen LogP contribution in [0, 0.1) is 0 Å². The summed E-state index contributed by atoms with van der Waals surface area (Å²) in [6, 6.07) is 0.772. The van der Waals surface area contributed by atoms with E-state index in [1.54, 1.807) is 0 Å². The largest absolute Gasteiger partial charge is 0.352 e.